The lowest BCUT2D eigenvalue weighted by Crippen LogP contribution is -2.03. The van der Waals surface area contributed by atoms with E-state index in [0.717, 1.165) is 0 Å². The van der Waals surface area contributed by atoms with Crippen LogP contribution in [0.5, 0.6) is 0 Å². The minimum absolute atomic E-state index is 0.544. The molecule has 0 spiro atoms. The third-order valence-electron chi connectivity index (χ3n) is 3.53. The number of unbranched alkanes of at least 4 members (excludes halogenated alkanes) is 9. The van der Waals surface area contributed by atoms with Crippen LogP contribution < -0.4 is 0 Å². The first kappa shape index (κ1) is 17.2. The van der Waals surface area contributed by atoms with Crippen LogP contribution in [0.2, 0.25) is 6.04 Å². The molecular weight excluding hydrogens is 220 g/mol. The summed E-state index contributed by atoms with van der Waals surface area (Å²) in [4.78, 5) is 0. The van der Waals surface area contributed by atoms with Crippen molar-refractivity contribution >= 4 is 10.2 Å². The molecule has 0 aliphatic heterocycles. The predicted molar refractivity (Wildman–Crippen MR) is 85.0 cm³/mol. The molecule has 0 heterocycles. The molecule has 0 nitrogen and oxygen atoms in total. The van der Waals surface area contributed by atoms with Crippen LogP contribution in [0.1, 0.15) is 91.4 Å². The van der Waals surface area contributed by atoms with Crippen molar-refractivity contribution < 1.29 is 0 Å². The summed E-state index contributed by atoms with van der Waals surface area (Å²) in [6.45, 7) is 7.06. The monoisotopic (exact) mass is 256 g/mol. The van der Waals surface area contributed by atoms with Crippen LogP contribution in [0.4, 0.5) is 0 Å². The van der Waals surface area contributed by atoms with Gasteiger partial charge >= 0.3 is 0 Å². The average molecular weight is 257 g/mol. The van der Waals surface area contributed by atoms with Gasteiger partial charge in [-0.05, 0) is 11.8 Å². The van der Waals surface area contributed by atoms with Crippen molar-refractivity contribution in [2.45, 2.75) is 97.4 Å². The molecule has 104 valence electrons. The van der Waals surface area contributed by atoms with Gasteiger partial charge in [0.2, 0.25) is 0 Å². The van der Waals surface area contributed by atoms with Gasteiger partial charge in [0, 0.05) is 10.2 Å². The highest BCUT2D eigenvalue weighted by Crippen LogP contribution is 2.22. The van der Waals surface area contributed by atoms with E-state index in [0.29, 0.717) is 5.41 Å². The van der Waals surface area contributed by atoms with E-state index in [9.17, 15) is 0 Å². The van der Waals surface area contributed by atoms with Crippen molar-refractivity contribution in [3.8, 4) is 0 Å². The summed E-state index contributed by atoms with van der Waals surface area (Å²) in [5.74, 6) is 0. The van der Waals surface area contributed by atoms with Gasteiger partial charge in [-0.25, -0.2) is 0 Å². The molecule has 0 rings (SSSR count). The fourth-order valence-corrected chi connectivity index (χ4v) is 2.82. The zero-order valence-electron chi connectivity index (χ0n) is 13.0. The summed E-state index contributed by atoms with van der Waals surface area (Å²) >= 11 is 0. The first-order chi connectivity index (χ1) is 8.06. The van der Waals surface area contributed by atoms with Crippen LogP contribution in [0, 0.1) is 5.41 Å². The second-order valence-electron chi connectivity index (χ2n) is 6.85. The molecular formula is C16H36Si. The molecule has 0 aromatic rings. The van der Waals surface area contributed by atoms with E-state index < -0.39 is 0 Å². The standard InChI is InChI=1S/C16H36Si/c1-16(2,3)14-12-10-8-6-4-5-7-9-11-13-15-17/h4-15H2,1-3,17H3. The van der Waals surface area contributed by atoms with Crippen molar-refractivity contribution in [2.75, 3.05) is 0 Å². The zero-order valence-corrected chi connectivity index (χ0v) is 15.0. The quantitative estimate of drug-likeness (QED) is 0.356. The second-order valence-corrected chi connectivity index (χ2v) is 7.85. The summed E-state index contributed by atoms with van der Waals surface area (Å²) < 4.78 is 0. The van der Waals surface area contributed by atoms with E-state index in [2.05, 4.69) is 20.8 Å². The van der Waals surface area contributed by atoms with Crippen LogP contribution in [0.15, 0.2) is 0 Å². The summed E-state index contributed by atoms with van der Waals surface area (Å²) in [5.41, 5.74) is 0.544. The smallest absolute Gasteiger partial charge is 0.00279 e. The van der Waals surface area contributed by atoms with E-state index in [1.165, 1.54) is 86.9 Å². The van der Waals surface area contributed by atoms with Gasteiger partial charge in [0.05, 0.1) is 0 Å². The van der Waals surface area contributed by atoms with Crippen LogP contribution in [0.25, 0.3) is 0 Å². The first-order valence-electron chi connectivity index (χ1n) is 8.06. The molecule has 0 saturated carbocycles. The molecule has 0 aromatic carbocycles. The maximum absolute atomic E-state index is 2.35. The molecule has 0 N–H and O–H groups in total. The molecule has 1 heteroatoms. The fraction of sp³-hybridized carbons (Fsp3) is 1.00. The minimum atomic E-state index is 0.544. The minimum Gasteiger partial charge on any atom is -0.0658 e. The highest BCUT2D eigenvalue weighted by atomic mass is 28.1. The maximum atomic E-state index is 2.35. The van der Waals surface area contributed by atoms with Gasteiger partial charge in [-0.2, -0.15) is 0 Å². The lowest BCUT2D eigenvalue weighted by atomic mass is 9.89. The van der Waals surface area contributed by atoms with Crippen LogP contribution in [0.3, 0.4) is 0 Å². The zero-order chi connectivity index (χ0) is 13.0. The van der Waals surface area contributed by atoms with E-state index in [1.807, 2.05) is 0 Å². The molecule has 0 unspecified atom stereocenters. The predicted octanol–water partition coefficient (Wildman–Crippen LogP) is 5.11. The molecule has 0 radical (unpaired) electrons. The number of hydrogen-bond donors (Lipinski definition) is 0. The van der Waals surface area contributed by atoms with Crippen LogP contribution in [-0.4, -0.2) is 10.2 Å². The normalized spacial score (nSPS) is 12.2. The van der Waals surface area contributed by atoms with Gasteiger partial charge in [0.25, 0.3) is 0 Å². The molecule has 0 amide bonds. The van der Waals surface area contributed by atoms with Crippen molar-refractivity contribution in [3.05, 3.63) is 0 Å². The Bertz CT molecular complexity index is 146. The Hall–Kier alpha value is 0.217. The number of hydrogen-bond acceptors (Lipinski definition) is 0. The van der Waals surface area contributed by atoms with E-state index >= 15 is 0 Å². The molecule has 0 aliphatic carbocycles. The van der Waals surface area contributed by atoms with Gasteiger partial charge in [-0.3, -0.25) is 0 Å². The van der Waals surface area contributed by atoms with Gasteiger partial charge in [-0.15, -0.1) is 0 Å². The van der Waals surface area contributed by atoms with Gasteiger partial charge < -0.3 is 0 Å². The van der Waals surface area contributed by atoms with Gasteiger partial charge in [0.1, 0.15) is 0 Å². The Balaban J connectivity index is 2.99. The second kappa shape index (κ2) is 11.3. The highest BCUT2D eigenvalue weighted by Gasteiger charge is 2.08. The Kier molecular flexibility index (Phi) is 11.5. The Labute approximate surface area is 113 Å². The third-order valence-corrected chi connectivity index (χ3v) is 4.24. The SMILES string of the molecule is CC(C)(C)CCCCCCCCCCCC[SiH3]. The van der Waals surface area contributed by atoms with E-state index in [4.69, 9.17) is 0 Å². The molecule has 0 aliphatic rings. The summed E-state index contributed by atoms with van der Waals surface area (Å²) in [6.07, 6.45) is 16.2. The van der Waals surface area contributed by atoms with Crippen molar-refractivity contribution in [2.24, 2.45) is 5.41 Å². The fourth-order valence-electron chi connectivity index (χ4n) is 2.32. The summed E-state index contributed by atoms with van der Waals surface area (Å²) in [5, 5.41) is 0. The van der Waals surface area contributed by atoms with Gasteiger partial charge in [0.15, 0.2) is 0 Å². The topological polar surface area (TPSA) is 0 Å². The summed E-state index contributed by atoms with van der Waals surface area (Å²) in [7, 11) is 1.41. The molecule has 0 bridgehead atoms. The third kappa shape index (κ3) is 16.2. The van der Waals surface area contributed by atoms with E-state index in [-0.39, 0.29) is 0 Å². The molecule has 0 saturated heterocycles. The largest absolute Gasteiger partial charge is 0.0658 e. The van der Waals surface area contributed by atoms with Crippen molar-refractivity contribution in [1.29, 1.82) is 0 Å². The first-order valence-corrected chi connectivity index (χ1v) is 9.47. The van der Waals surface area contributed by atoms with E-state index in [1.54, 1.807) is 0 Å². The average Bonchev–Trinajstić information content (AvgIpc) is 2.24. The molecule has 0 fully saturated rings. The molecule has 17 heavy (non-hydrogen) atoms. The van der Waals surface area contributed by atoms with Gasteiger partial charge in [-0.1, -0.05) is 91.0 Å². The van der Waals surface area contributed by atoms with Crippen molar-refractivity contribution in [3.63, 3.8) is 0 Å². The number of rotatable bonds is 11. The Morgan fingerprint density at radius 2 is 0.941 bits per heavy atom. The van der Waals surface area contributed by atoms with Crippen molar-refractivity contribution in [1.82, 2.24) is 0 Å². The molecule has 0 aromatic heterocycles. The Morgan fingerprint density at radius 1 is 0.588 bits per heavy atom. The Morgan fingerprint density at radius 3 is 1.29 bits per heavy atom. The maximum Gasteiger partial charge on any atom is 0.00279 e. The summed E-state index contributed by atoms with van der Waals surface area (Å²) in [6, 6.07) is 1.51. The highest BCUT2D eigenvalue weighted by molar-refractivity contribution is 6.08. The lowest BCUT2D eigenvalue weighted by Gasteiger charge is -2.17. The molecule has 0 atom stereocenters. The van der Waals surface area contributed by atoms with Crippen LogP contribution in [-0.2, 0) is 0 Å². The lowest BCUT2D eigenvalue weighted by molar-refractivity contribution is 0.356. The van der Waals surface area contributed by atoms with Crippen LogP contribution >= 0.6 is 0 Å².